The van der Waals surface area contributed by atoms with E-state index in [1.54, 1.807) is 26.0 Å². The van der Waals surface area contributed by atoms with Crippen molar-refractivity contribution >= 4 is 11.7 Å². The number of aryl methyl sites for hydroxylation is 1. The zero-order chi connectivity index (χ0) is 13.8. The first-order valence-electron chi connectivity index (χ1n) is 5.86. The summed E-state index contributed by atoms with van der Waals surface area (Å²) in [6.45, 7) is 5.69. The van der Waals surface area contributed by atoms with E-state index in [-0.39, 0.29) is 12.4 Å². The van der Waals surface area contributed by atoms with Crippen LogP contribution >= 0.6 is 0 Å². The molecule has 1 aromatic carbocycles. The Morgan fingerprint density at radius 1 is 1.56 bits per heavy atom. The van der Waals surface area contributed by atoms with Crippen molar-refractivity contribution < 1.29 is 9.53 Å². The molecule has 18 heavy (non-hydrogen) atoms. The highest BCUT2D eigenvalue weighted by Crippen LogP contribution is 2.31. The fraction of sp³-hybridized carbons (Fsp3) is 0.429. The standard InChI is InChI=1S/C14H18N2O2/c1-4-18-13(17)8-14(3,9-15)12-7-11(16)6-5-10(12)2/h5-7H,4,8,16H2,1-3H3. The van der Waals surface area contributed by atoms with Crippen LogP contribution in [0.4, 0.5) is 5.69 Å². The number of nitrogens with two attached hydrogens (primary N) is 1. The maximum atomic E-state index is 11.6. The molecule has 0 bridgehead atoms. The second kappa shape index (κ2) is 5.54. The summed E-state index contributed by atoms with van der Waals surface area (Å²) in [4.78, 5) is 11.6. The Hall–Kier alpha value is -2.02. The second-order valence-electron chi connectivity index (χ2n) is 4.50. The van der Waals surface area contributed by atoms with E-state index in [0.717, 1.165) is 11.1 Å². The molecule has 96 valence electrons. The molecule has 2 N–H and O–H groups in total. The smallest absolute Gasteiger partial charge is 0.307 e. The van der Waals surface area contributed by atoms with E-state index in [2.05, 4.69) is 6.07 Å². The van der Waals surface area contributed by atoms with Gasteiger partial charge in [0.25, 0.3) is 0 Å². The van der Waals surface area contributed by atoms with Crippen molar-refractivity contribution in [2.75, 3.05) is 12.3 Å². The highest BCUT2D eigenvalue weighted by Gasteiger charge is 2.32. The number of esters is 1. The Morgan fingerprint density at radius 2 is 2.22 bits per heavy atom. The van der Waals surface area contributed by atoms with Crippen LogP contribution in [0.1, 0.15) is 31.4 Å². The lowest BCUT2D eigenvalue weighted by Crippen LogP contribution is -2.26. The van der Waals surface area contributed by atoms with E-state index in [4.69, 9.17) is 10.5 Å². The highest BCUT2D eigenvalue weighted by atomic mass is 16.5. The van der Waals surface area contributed by atoms with Gasteiger partial charge in [0.1, 0.15) is 0 Å². The van der Waals surface area contributed by atoms with E-state index >= 15 is 0 Å². The molecule has 1 unspecified atom stereocenters. The van der Waals surface area contributed by atoms with Gasteiger partial charge < -0.3 is 10.5 Å². The number of benzene rings is 1. The van der Waals surface area contributed by atoms with Crippen LogP contribution in [0.2, 0.25) is 0 Å². The summed E-state index contributed by atoms with van der Waals surface area (Å²) >= 11 is 0. The lowest BCUT2D eigenvalue weighted by molar-refractivity contribution is -0.144. The summed E-state index contributed by atoms with van der Waals surface area (Å²) in [5, 5.41) is 9.37. The maximum Gasteiger partial charge on any atom is 0.307 e. The number of carbonyl (C=O) groups is 1. The monoisotopic (exact) mass is 246 g/mol. The number of rotatable bonds is 4. The van der Waals surface area contributed by atoms with Crippen molar-refractivity contribution in [2.45, 2.75) is 32.6 Å². The van der Waals surface area contributed by atoms with Crippen LogP contribution in [0.15, 0.2) is 18.2 Å². The molecular formula is C14H18N2O2. The average Bonchev–Trinajstić information content (AvgIpc) is 2.32. The van der Waals surface area contributed by atoms with Gasteiger partial charge >= 0.3 is 5.97 Å². The number of nitriles is 1. The summed E-state index contributed by atoms with van der Waals surface area (Å²) < 4.78 is 4.91. The van der Waals surface area contributed by atoms with Gasteiger partial charge in [-0.15, -0.1) is 0 Å². The zero-order valence-electron chi connectivity index (χ0n) is 11.0. The molecular weight excluding hydrogens is 228 g/mol. The van der Waals surface area contributed by atoms with Gasteiger partial charge in [-0.25, -0.2) is 0 Å². The highest BCUT2D eigenvalue weighted by molar-refractivity contribution is 5.72. The Bertz CT molecular complexity index is 491. The minimum absolute atomic E-state index is 0.0294. The summed E-state index contributed by atoms with van der Waals surface area (Å²) in [5.74, 6) is -0.372. The Morgan fingerprint density at radius 3 is 2.78 bits per heavy atom. The van der Waals surface area contributed by atoms with Crippen LogP contribution in [-0.2, 0) is 14.9 Å². The first-order valence-corrected chi connectivity index (χ1v) is 5.86. The minimum Gasteiger partial charge on any atom is -0.466 e. The molecule has 0 saturated heterocycles. The molecule has 0 heterocycles. The number of ether oxygens (including phenoxy) is 1. The molecule has 0 radical (unpaired) electrons. The van der Waals surface area contributed by atoms with Gasteiger partial charge in [0, 0.05) is 5.69 Å². The molecule has 0 aliphatic rings. The van der Waals surface area contributed by atoms with Gasteiger partial charge in [-0.05, 0) is 44.0 Å². The molecule has 0 amide bonds. The molecule has 1 atom stereocenters. The van der Waals surface area contributed by atoms with E-state index in [1.807, 2.05) is 13.0 Å². The molecule has 0 saturated carbocycles. The Balaban J connectivity index is 3.11. The van der Waals surface area contributed by atoms with Crippen LogP contribution < -0.4 is 5.73 Å². The van der Waals surface area contributed by atoms with Gasteiger partial charge in [0.05, 0.1) is 24.5 Å². The fourth-order valence-electron chi connectivity index (χ4n) is 1.93. The SMILES string of the molecule is CCOC(=O)CC(C)(C#N)c1cc(N)ccc1C. The van der Waals surface area contributed by atoms with Crippen molar-refractivity contribution in [2.24, 2.45) is 0 Å². The molecule has 0 aliphatic carbocycles. The quantitative estimate of drug-likeness (QED) is 0.653. The first-order chi connectivity index (χ1) is 8.42. The molecule has 0 aliphatic heterocycles. The largest absolute Gasteiger partial charge is 0.466 e. The van der Waals surface area contributed by atoms with Gasteiger partial charge in [-0.1, -0.05) is 6.07 Å². The molecule has 0 aromatic heterocycles. The lowest BCUT2D eigenvalue weighted by atomic mass is 9.78. The third kappa shape index (κ3) is 3.01. The van der Waals surface area contributed by atoms with Crippen molar-refractivity contribution in [1.82, 2.24) is 0 Å². The number of hydrogen-bond donors (Lipinski definition) is 1. The van der Waals surface area contributed by atoms with Gasteiger partial charge in [-0.2, -0.15) is 5.26 Å². The first kappa shape index (κ1) is 14.0. The van der Waals surface area contributed by atoms with Crippen LogP contribution in [0, 0.1) is 18.3 Å². The summed E-state index contributed by atoms with van der Waals surface area (Å²) in [7, 11) is 0. The number of nitrogens with zero attached hydrogens (tertiary/aromatic N) is 1. The summed E-state index contributed by atoms with van der Waals surface area (Å²) in [5.41, 5.74) is 7.13. The fourth-order valence-corrected chi connectivity index (χ4v) is 1.93. The maximum absolute atomic E-state index is 11.6. The Kier molecular flexibility index (Phi) is 4.33. The van der Waals surface area contributed by atoms with E-state index in [1.165, 1.54) is 0 Å². The molecule has 1 aromatic rings. The molecule has 4 heteroatoms. The third-order valence-corrected chi connectivity index (χ3v) is 2.91. The normalized spacial score (nSPS) is 13.4. The number of anilines is 1. The number of hydrogen-bond acceptors (Lipinski definition) is 4. The number of nitrogen functional groups attached to an aromatic ring is 1. The van der Waals surface area contributed by atoms with E-state index < -0.39 is 5.41 Å². The molecule has 1 rings (SSSR count). The Labute approximate surface area is 107 Å². The molecule has 4 nitrogen and oxygen atoms in total. The van der Waals surface area contributed by atoms with Crippen LogP contribution in [-0.4, -0.2) is 12.6 Å². The zero-order valence-corrected chi connectivity index (χ0v) is 11.0. The third-order valence-electron chi connectivity index (χ3n) is 2.91. The topological polar surface area (TPSA) is 76.1 Å². The van der Waals surface area contributed by atoms with E-state index in [0.29, 0.717) is 12.3 Å². The van der Waals surface area contributed by atoms with Gasteiger partial charge in [0.15, 0.2) is 0 Å². The van der Waals surface area contributed by atoms with Gasteiger partial charge in [-0.3, -0.25) is 4.79 Å². The van der Waals surface area contributed by atoms with Crippen molar-refractivity contribution in [3.05, 3.63) is 29.3 Å². The predicted molar refractivity (Wildman–Crippen MR) is 69.8 cm³/mol. The lowest BCUT2D eigenvalue weighted by Gasteiger charge is -2.23. The predicted octanol–water partition coefficient (Wildman–Crippen LogP) is 2.31. The van der Waals surface area contributed by atoms with Crippen molar-refractivity contribution in [3.63, 3.8) is 0 Å². The molecule has 0 spiro atoms. The average molecular weight is 246 g/mol. The van der Waals surface area contributed by atoms with Crippen LogP contribution in [0.3, 0.4) is 0 Å². The van der Waals surface area contributed by atoms with E-state index in [9.17, 15) is 10.1 Å². The minimum atomic E-state index is -0.911. The summed E-state index contributed by atoms with van der Waals surface area (Å²) in [6, 6.07) is 7.57. The van der Waals surface area contributed by atoms with Crippen LogP contribution in [0.5, 0.6) is 0 Å². The summed E-state index contributed by atoms with van der Waals surface area (Å²) in [6.07, 6.45) is 0.0294. The second-order valence-corrected chi connectivity index (χ2v) is 4.50. The van der Waals surface area contributed by atoms with Crippen molar-refractivity contribution in [3.8, 4) is 6.07 Å². The van der Waals surface area contributed by atoms with Gasteiger partial charge in [0.2, 0.25) is 0 Å². The number of carbonyl (C=O) groups excluding carboxylic acids is 1. The van der Waals surface area contributed by atoms with Crippen molar-refractivity contribution in [1.29, 1.82) is 5.26 Å². The van der Waals surface area contributed by atoms with Crippen LogP contribution in [0.25, 0.3) is 0 Å². The molecule has 0 fully saturated rings.